The van der Waals surface area contributed by atoms with Crippen LogP contribution < -0.4 is 21.1 Å². The van der Waals surface area contributed by atoms with E-state index in [9.17, 15) is 18.0 Å². The molecule has 3 N–H and O–H groups in total. The maximum absolute atomic E-state index is 12.8. The number of nitrogens with zero attached hydrogens (tertiary/aromatic N) is 1. The molecule has 9 heteroatoms. The van der Waals surface area contributed by atoms with Crippen LogP contribution in [0.2, 0.25) is 5.02 Å². The second-order valence-electron chi connectivity index (χ2n) is 6.14. The number of alkyl halides is 3. The first-order chi connectivity index (χ1) is 11.3. The van der Waals surface area contributed by atoms with E-state index in [1.165, 1.54) is 0 Å². The summed E-state index contributed by atoms with van der Waals surface area (Å²) >= 11 is 6.19. The third kappa shape index (κ3) is 3.31. The van der Waals surface area contributed by atoms with Gasteiger partial charge in [-0.1, -0.05) is 30.7 Å². The molecule has 2 aliphatic heterocycles. The summed E-state index contributed by atoms with van der Waals surface area (Å²) in [4.78, 5) is 12.2. The van der Waals surface area contributed by atoms with Crippen LogP contribution in [0.4, 0.5) is 18.9 Å². The topological polar surface area (TPSA) is 56.4 Å². The summed E-state index contributed by atoms with van der Waals surface area (Å²) in [5, 5.41) is 7.94. The molecule has 3 unspecified atom stereocenters. The van der Waals surface area contributed by atoms with E-state index in [-0.39, 0.29) is 12.3 Å². The summed E-state index contributed by atoms with van der Waals surface area (Å²) in [5.41, 5.74) is 3.77. The van der Waals surface area contributed by atoms with E-state index in [0.717, 1.165) is 6.92 Å². The lowest BCUT2D eigenvalue weighted by Crippen LogP contribution is -2.64. The molecule has 2 heterocycles. The number of amides is 1. The number of benzene rings is 1. The molecule has 1 aromatic rings. The average Bonchev–Trinajstić information content (AvgIpc) is 2.91. The number of para-hydroxylation sites is 1. The lowest BCUT2D eigenvalue weighted by atomic mass is 9.99. The highest BCUT2D eigenvalue weighted by molar-refractivity contribution is 6.33. The van der Waals surface area contributed by atoms with Gasteiger partial charge in [-0.25, -0.2) is 5.43 Å². The van der Waals surface area contributed by atoms with E-state index in [0.29, 0.717) is 17.3 Å². The molecule has 0 bridgehead atoms. The van der Waals surface area contributed by atoms with Crippen molar-refractivity contribution in [1.29, 1.82) is 0 Å². The molecule has 3 rings (SSSR count). The SMILES string of the molecule is C[C@@H](CC1NC(=O)C2CNN(c3ccccc3Cl)C2N1)C(F)(F)F. The highest BCUT2D eigenvalue weighted by Gasteiger charge is 2.46. The van der Waals surface area contributed by atoms with Crippen LogP contribution in [0.1, 0.15) is 13.3 Å². The molecule has 0 aromatic heterocycles. The number of carbonyl (C=O) groups excluding carboxylic acids is 1. The fraction of sp³-hybridized carbons (Fsp3) is 0.533. The Kier molecular flexibility index (Phi) is 4.63. The summed E-state index contributed by atoms with van der Waals surface area (Å²) in [7, 11) is 0. The second kappa shape index (κ2) is 6.42. The normalized spacial score (nSPS) is 28.5. The van der Waals surface area contributed by atoms with Crippen LogP contribution in [0, 0.1) is 11.8 Å². The number of hydrazine groups is 1. The van der Waals surface area contributed by atoms with Crippen molar-refractivity contribution < 1.29 is 18.0 Å². The van der Waals surface area contributed by atoms with Gasteiger partial charge in [0.15, 0.2) is 0 Å². The Morgan fingerprint density at radius 3 is 2.75 bits per heavy atom. The van der Waals surface area contributed by atoms with E-state index in [2.05, 4.69) is 16.1 Å². The third-order valence-corrected chi connectivity index (χ3v) is 4.75. The molecule has 0 spiro atoms. The highest BCUT2D eigenvalue weighted by Crippen LogP contribution is 2.33. The van der Waals surface area contributed by atoms with Crippen molar-refractivity contribution in [1.82, 2.24) is 16.1 Å². The van der Waals surface area contributed by atoms with Gasteiger partial charge in [-0.2, -0.15) is 13.2 Å². The number of anilines is 1. The van der Waals surface area contributed by atoms with Gasteiger partial charge in [-0.15, -0.1) is 0 Å². The Morgan fingerprint density at radius 1 is 1.38 bits per heavy atom. The Hall–Kier alpha value is -1.51. The Balaban J connectivity index is 1.77. The molecule has 2 saturated heterocycles. The lowest BCUT2D eigenvalue weighted by Gasteiger charge is -2.38. The van der Waals surface area contributed by atoms with Gasteiger partial charge in [-0.05, 0) is 18.6 Å². The zero-order valence-corrected chi connectivity index (χ0v) is 13.7. The second-order valence-corrected chi connectivity index (χ2v) is 6.55. The molecular weight excluding hydrogens is 345 g/mol. The van der Waals surface area contributed by atoms with Crippen LogP contribution in [0.25, 0.3) is 0 Å². The Labute approximate surface area is 142 Å². The van der Waals surface area contributed by atoms with E-state index < -0.39 is 30.3 Å². The molecule has 1 aromatic carbocycles. The van der Waals surface area contributed by atoms with Crippen molar-refractivity contribution in [2.75, 3.05) is 11.6 Å². The first kappa shape index (κ1) is 17.3. The van der Waals surface area contributed by atoms with Crippen molar-refractivity contribution >= 4 is 23.2 Å². The molecule has 0 radical (unpaired) electrons. The quantitative estimate of drug-likeness (QED) is 0.772. The maximum Gasteiger partial charge on any atom is 0.391 e. The fourth-order valence-corrected chi connectivity index (χ4v) is 3.26. The standard InChI is InChI=1S/C15H18ClF3N4O/c1-8(15(17,18)19)6-12-21-13-9(14(24)22-12)7-20-23(13)11-5-3-2-4-10(11)16/h2-5,8-9,12-13,20-21H,6-7H2,1H3,(H,22,24)/t8-,9?,12?,13?/m0/s1. The van der Waals surface area contributed by atoms with Gasteiger partial charge >= 0.3 is 6.18 Å². The van der Waals surface area contributed by atoms with Gasteiger partial charge in [0.05, 0.1) is 28.7 Å². The van der Waals surface area contributed by atoms with Crippen molar-refractivity contribution in [2.45, 2.75) is 31.9 Å². The number of halogens is 4. The van der Waals surface area contributed by atoms with Crippen LogP contribution in [-0.4, -0.2) is 31.0 Å². The minimum absolute atomic E-state index is 0.227. The summed E-state index contributed by atoms with van der Waals surface area (Å²) in [6.45, 7) is 1.49. The molecule has 0 saturated carbocycles. The first-order valence-corrected chi connectivity index (χ1v) is 8.05. The van der Waals surface area contributed by atoms with Gasteiger partial charge in [0.2, 0.25) is 5.91 Å². The fourth-order valence-electron chi connectivity index (χ4n) is 3.04. The molecule has 2 aliphatic rings. The van der Waals surface area contributed by atoms with E-state index in [4.69, 9.17) is 11.6 Å². The van der Waals surface area contributed by atoms with Crippen LogP contribution in [0.5, 0.6) is 0 Å². The van der Waals surface area contributed by atoms with Crippen molar-refractivity contribution in [3.8, 4) is 0 Å². The monoisotopic (exact) mass is 362 g/mol. The molecular formula is C15H18ClF3N4O. The summed E-state index contributed by atoms with van der Waals surface area (Å²) in [6, 6.07) is 7.10. The first-order valence-electron chi connectivity index (χ1n) is 7.68. The molecule has 1 amide bonds. The summed E-state index contributed by atoms with van der Waals surface area (Å²) in [5.74, 6) is -2.19. The largest absolute Gasteiger partial charge is 0.391 e. The number of rotatable bonds is 3. The molecule has 132 valence electrons. The predicted molar refractivity (Wildman–Crippen MR) is 84.1 cm³/mol. The zero-order valence-electron chi connectivity index (χ0n) is 12.9. The van der Waals surface area contributed by atoms with Crippen molar-refractivity contribution in [2.24, 2.45) is 11.8 Å². The average molecular weight is 363 g/mol. The minimum Gasteiger partial charge on any atom is -0.340 e. The van der Waals surface area contributed by atoms with Crippen LogP contribution in [0.3, 0.4) is 0 Å². The summed E-state index contributed by atoms with van der Waals surface area (Å²) < 4.78 is 38.3. The molecule has 2 fully saturated rings. The van der Waals surface area contributed by atoms with Gasteiger partial charge in [0, 0.05) is 6.54 Å². The summed E-state index contributed by atoms with van der Waals surface area (Å²) in [6.07, 6.45) is -5.72. The van der Waals surface area contributed by atoms with Gasteiger partial charge < -0.3 is 5.32 Å². The zero-order chi connectivity index (χ0) is 17.5. The van der Waals surface area contributed by atoms with Gasteiger partial charge in [0.1, 0.15) is 6.17 Å². The molecule has 5 nitrogen and oxygen atoms in total. The third-order valence-electron chi connectivity index (χ3n) is 4.43. The van der Waals surface area contributed by atoms with Crippen LogP contribution in [-0.2, 0) is 4.79 Å². The number of hydrogen-bond donors (Lipinski definition) is 3. The maximum atomic E-state index is 12.8. The lowest BCUT2D eigenvalue weighted by molar-refractivity contribution is -0.174. The number of hydrogen-bond acceptors (Lipinski definition) is 4. The number of fused-ring (bicyclic) bond motifs is 1. The van der Waals surface area contributed by atoms with E-state index in [1.807, 2.05) is 6.07 Å². The molecule has 4 atom stereocenters. The molecule has 24 heavy (non-hydrogen) atoms. The molecule has 0 aliphatic carbocycles. The number of carbonyl (C=O) groups is 1. The highest BCUT2D eigenvalue weighted by atomic mass is 35.5. The van der Waals surface area contributed by atoms with Crippen LogP contribution >= 0.6 is 11.6 Å². The predicted octanol–water partition coefficient (Wildman–Crippen LogP) is 2.24. The van der Waals surface area contributed by atoms with Crippen LogP contribution in [0.15, 0.2) is 24.3 Å². The Morgan fingerprint density at radius 2 is 2.08 bits per heavy atom. The number of nitrogens with one attached hydrogen (secondary N) is 3. The van der Waals surface area contributed by atoms with Gasteiger partial charge in [0.25, 0.3) is 0 Å². The Bertz CT molecular complexity index is 627. The van der Waals surface area contributed by atoms with Crippen molar-refractivity contribution in [3.05, 3.63) is 29.3 Å². The van der Waals surface area contributed by atoms with Gasteiger partial charge in [-0.3, -0.25) is 15.1 Å². The smallest absolute Gasteiger partial charge is 0.340 e. The minimum atomic E-state index is -4.29. The van der Waals surface area contributed by atoms with E-state index in [1.54, 1.807) is 23.2 Å². The van der Waals surface area contributed by atoms with E-state index >= 15 is 0 Å². The van der Waals surface area contributed by atoms with Crippen molar-refractivity contribution in [3.63, 3.8) is 0 Å².